The first-order valence-corrected chi connectivity index (χ1v) is 10.6. The molecule has 0 radical (unpaired) electrons. The standard InChI is InChI=1S/C20H24N4O3S/c1-3-27-17-7-9-18(10-8-17)28(25,26)21-12-11-19-22-20(24-23-19)14-16-6-4-5-15(2)13-16/h4-10,13,21H,3,11-12,14H2,1-2H3,(H,22,23,24). The number of aromatic amines is 1. The maximum atomic E-state index is 12.4. The van der Waals surface area contributed by atoms with Crippen LogP contribution in [0.15, 0.2) is 53.4 Å². The third kappa shape index (κ3) is 5.40. The highest BCUT2D eigenvalue weighted by molar-refractivity contribution is 7.89. The fourth-order valence-corrected chi connectivity index (χ4v) is 3.84. The zero-order valence-corrected chi connectivity index (χ0v) is 16.8. The number of H-pyrrole nitrogens is 1. The highest BCUT2D eigenvalue weighted by Gasteiger charge is 2.14. The van der Waals surface area contributed by atoms with Gasteiger partial charge in [0.05, 0.1) is 11.5 Å². The summed E-state index contributed by atoms with van der Waals surface area (Å²) in [5.41, 5.74) is 2.35. The second-order valence-corrected chi connectivity index (χ2v) is 8.18. The molecule has 28 heavy (non-hydrogen) atoms. The van der Waals surface area contributed by atoms with E-state index in [2.05, 4.69) is 26.0 Å². The average molecular weight is 401 g/mol. The molecule has 3 rings (SSSR count). The number of hydrogen-bond donors (Lipinski definition) is 2. The average Bonchev–Trinajstić information content (AvgIpc) is 3.09. The Balaban J connectivity index is 1.53. The molecule has 8 heteroatoms. The molecular weight excluding hydrogens is 376 g/mol. The van der Waals surface area contributed by atoms with Crippen molar-refractivity contribution < 1.29 is 13.2 Å². The van der Waals surface area contributed by atoms with E-state index in [0.717, 1.165) is 11.4 Å². The number of ether oxygens (including phenoxy) is 1. The van der Waals surface area contributed by atoms with Gasteiger partial charge in [-0.25, -0.2) is 18.1 Å². The van der Waals surface area contributed by atoms with Crippen LogP contribution in [0.3, 0.4) is 0 Å². The van der Waals surface area contributed by atoms with E-state index < -0.39 is 10.0 Å². The van der Waals surface area contributed by atoms with Gasteiger partial charge in [0.2, 0.25) is 10.0 Å². The Morgan fingerprint density at radius 2 is 1.93 bits per heavy atom. The van der Waals surface area contributed by atoms with E-state index in [1.807, 2.05) is 32.0 Å². The normalized spacial score (nSPS) is 11.5. The highest BCUT2D eigenvalue weighted by atomic mass is 32.2. The number of sulfonamides is 1. The van der Waals surface area contributed by atoms with Crippen molar-refractivity contribution in [2.45, 2.75) is 31.6 Å². The number of hydrogen-bond acceptors (Lipinski definition) is 5. The van der Waals surface area contributed by atoms with Crippen molar-refractivity contribution in [1.82, 2.24) is 19.9 Å². The molecule has 0 fully saturated rings. The lowest BCUT2D eigenvalue weighted by molar-refractivity contribution is 0.340. The van der Waals surface area contributed by atoms with Crippen LogP contribution in [0.25, 0.3) is 0 Å². The van der Waals surface area contributed by atoms with Crippen LogP contribution < -0.4 is 9.46 Å². The van der Waals surface area contributed by atoms with E-state index in [1.54, 1.807) is 12.1 Å². The fourth-order valence-electron chi connectivity index (χ4n) is 2.80. The van der Waals surface area contributed by atoms with Gasteiger partial charge in [-0.05, 0) is 43.7 Å². The first-order chi connectivity index (χ1) is 13.5. The van der Waals surface area contributed by atoms with E-state index in [0.29, 0.717) is 31.0 Å². The lowest BCUT2D eigenvalue weighted by Crippen LogP contribution is -2.26. The van der Waals surface area contributed by atoms with Crippen molar-refractivity contribution in [3.63, 3.8) is 0 Å². The van der Waals surface area contributed by atoms with E-state index in [1.165, 1.54) is 17.7 Å². The van der Waals surface area contributed by atoms with Gasteiger partial charge in [-0.2, -0.15) is 5.10 Å². The van der Waals surface area contributed by atoms with Gasteiger partial charge in [-0.15, -0.1) is 0 Å². The summed E-state index contributed by atoms with van der Waals surface area (Å²) in [7, 11) is -3.58. The molecule has 0 amide bonds. The monoisotopic (exact) mass is 400 g/mol. The molecule has 148 valence electrons. The highest BCUT2D eigenvalue weighted by Crippen LogP contribution is 2.15. The summed E-state index contributed by atoms with van der Waals surface area (Å²) in [5, 5.41) is 7.09. The Bertz CT molecular complexity index is 1010. The Morgan fingerprint density at radius 3 is 2.64 bits per heavy atom. The molecule has 0 aliphatic rings. The zero-order chi connectivity index (χ0) is 20.0. The molecule has 0 unspecified atom stereocenters. The van der Waals surface area contributed by atoms with Gasteiger partial charge in [0.15, 0.2) is 5.82 Å². The third-order valence-electron chi connectivity index (χ3n) is 4.12. The summed E-state index contributed by atoms with van der Waals surface area (Å²) in [6, 6.07) is 14.5. The topological polar surface area (TPSA) is 97.0 Å². The molecule has 1 heterocycles. The largest absolute Gasteiger partial charge is 0.494 e. The molecule has 7 nitrogen and oxygen atoms in total. The number of benzene rings is 2. The van der Waals surface area contributed by atoms with E-state index in [9.17, 15) is 8.42 Å². The van der Waals surface area contributed by atoms with Crippen molar-refractivity contribution in [2.24, 2.45) is 0 Å². The Kier molecular flexibility index (Phi) is 6.43. The molecule has 2 N–H and O–H groups in total. The van der Waals surface area contributed by atoms with Crippen molar-refractivity contribution in [1.29, 1.82) is 0 Å². The van der Waals surface area contributed by atoms with Crippen LogP contribution in [0, 0.1) is 6.92 Å². The second-order valence-electron chi connectivity index (χ2n) is 6.42. The van der Waals surface area contributed by atoms with E-state index in [-0.39, 0.29) is 11.4 Å². The van der Waals surface area contributed by atoms with Crippen molar-refractivity contribution in [3.8, 4) is 5.75 Å². The summed E-state index contributed by atoms with van der Waals surface area (Å²) in [6.45, 7) is 4.68. The summed E-state index contributed by atoms with van der Waals surface area (Å²) < 4.78 is 32.6. The molecule has 1 aromatic heterocycles. The Hall–Kier alpha value is -2.71. The molecule has 0 atom stereocenters. The minimum absolute atomic E-state index is 0.200. The number of nitrogens with zero attached hydrogens (tertiary/aromatic N) is 2. The van der Waals surface area contributed by atoms with Gasteiger partial charge < -0.3 is 4.74 Å². The molecule has 0 aliphatic carbocycles. The van der Waals surface area contributed by atoms with Gasteiger partial charge in [-0.1, -0.05) is 29.8 Å². The third-order valence-corrected chi connectivity index (χ3v) is 5.59. The Morgan fingerprint density at radius 1 is 1.14 bits per heavy atom. The number of rotatable bonds is 9. The number of nitrogens with one attached hydrogen (secondary N) is 2. The molecular formula is C20H24N4O3S. The smallest absolute Gasteiger partial charge is 0.240 e. The molecule has 2 aromatic carbocycles. The van der Waals surface area contributed by atoms with Gasteiger partial charge in [0, 0.05) is 19.4 Å². The predicted molar refractivity (Wildman–Crippen MR) is 107 cm³/mol. The minimum atomic E-state index is -3.58. The van der Waals surface area contributed by atoms with Crippen molar-refractivity contribution >= 4 is 10.0 Å². The molecule has 0 aliphatic heterocycles. The minimum Gasteiger partial charge on any atom is -0.494 e. The summed E-state index contributed by atoms with van der Waals surface area (Å²) in [6.07, 6.45) is 1.06. The van der Waals surface area contributed by atoms with Crippen LogP contribution in [-0.4, -0.2) is 36.8 Å². The first kappa shape index (κ1) is 20.0. The number of aryl methyl sites for hydroxylation is 1. The van der Waals surface area contributed by atoms with Gasteiger partial charge in [-0.3, -0.25) is 5.10 Å². The summed E-state index contributed by atoms with van der Waals surface area (Å²) in [4.78, 5) is 4.64. The van der Waals surface area contributed by atoms with E-state index in [4.69, 9.17) is 4.74 Å². The van der Waals surface area contributed by atoms with Crippen LogP contribution >= 0.6 is 0 Å². The maximum absolute atomic E-state index is 12.4. The molecule has 3 aromatic rings. The van der Waals surface area contributed by atoms with Crippen LogP contribution in [0.5, 0.6) is 5.75 Å². The molecule has 0 saturated carbocycles. The molecule has 0 saturated heterocycles. The lowest BCUT2D eigenvalue weighted by atomic mass is 10.1. The Labute approximate surface area is 165 Å². The first-order valence-electron chi connectivity index (χ1n) is 9.14. The SMILES string of the molecule is CCOc1ccc(S(=O)(=O)NCCc2n[nH]c(Cc3cccc(C)c3)n2)cc1. The second kappa shape index (κ2) is 8.99. The van der Waals surface area contributed by atoms with Crippen molar-refractivity contribution in [3.05, 3.63) is 71.3 Å². The van der Waals surface area contributed by atoms with Crippen LogP contribution in [0.1, 0.15) is 29.7 Å². The summed E-state index contributed by atoms with van der Waals surface area (Å²) in [5.74, 6) is 1.98. The van der Waals surface area contributed by atoms with Gasteiger partial charge in [0.1, 0.15) is 11.6 Å². The van der Waals surface area contributed by atoms with Crippen molar-refractivity contribution in [2.75, 3.05) is 13.2 Å². The van der Waals surface area contributed by atoms with E-state index >= 15 is 0 Å². The quantitative estimate of drug-likeness (QED) is 0.575. The molecule has 0 spiro atoms. The maximum Gasteiger partial charge on any atom is 0.240 e. The molecule has 0 bridgehead atoms. The van der Waals surface area contributed by atoms with Crippen LogP contribution in [-0.2, 0) is 22.9 Å². The van der Waals surface area contributed by atoms with Gasteiger partial charge >= 0.3 is 0 Å². The summed E-state index contributed by atoms with van der Waals surface area (Å²) >= 11 is 0. The van der Waals surface area contributed by atoms with Crippen LogP contribution in [0.2, 0.25) is 0 Å². The fraction of sp³-hybridized carbons (Fsp3) is 0.300. The van der Waals surface area contributed by atoms with Gasteiger partial charge in [0.25, 0.3) is 0 Å². The lowest BCUT2D eigenvalue weighted by Gasteiger charge is -2.07. The predicted octanol–water partition coefficient (Wildman–Crippen LogP) is 2.62. The zero-order valence-electron chi connectivity index (χ0n) is 16.0. The van der Waals surface area contributed by atoms with Crippen LogP contribution in [0.4, 0.5) is 0 Å². The number of aromatic nitrogens is 3.